The van der Waals surface area contributed by atoms with Gasteiger partial charge < -0.3 is 10.1 Å². The minimum Gasteiger partial charge on any atom is -0.449 e. The van der Waals surface area contributed by atoms with E-state index in [9.17, 15) is 9.59 Å². The van der Waals surface area contributed by atoms with Gasteiger partial charge in [0.05, 0.1) is 6.54 Å². The summed E-state index contributed by atoms with van der Waals surface area (Å²) >= 11 is 0. The standard InChI is InChI=1S/C22H17N3O3/c26-21-12-11-15(24-25-21)6-5-13-23-22(27)28-14-20-18-9-3-1-7-16(18)17-8-2-4-10-19(17)20/h1-4,7-12,20H,13-14H2,(H,23,27)(H,25,26). The molecule has 2 aromatic carbocycles. The summed E-state index contributed by atoms with van der Waals surface area (Å²) in [6.45, 7) is 0.381. The third kappa shape index (κ3) is 3.64. The molecular formula is C22H17N3O3. The van der Waals surface area contributed by atoms with Crippen molar-refractivity contribution in [1.29, 1.82) is 0 Å². The normalized spacial score (nSPS) is 11.7. The lowest BCUT2D eigenvalue weighted by Crippen LogP contribution is -2.26. The van der Waals surface area contributed by atoms with Crippen LogP contribution in [0.1, 0.15) is 22.7 Å². The lowest BCUT2D eigenvalue weighted by molar-refractivity contribution is 0.144. The van der Waals surface area contributed by atoms with E-state index in [0.717, 1.165) is 0 Å². The predicted octanol–water partition coefficient (Wildman–Crippen LogP) is 2.66. The Morgan fingerprint density at radius 2 is 1.71 bits per heavy atom. The monoisotopic (exact) mass is 371 g/mol. The van der Waals surface area contributed by atoms with Crippen molar-refractivity contribution >= 4 is 6.09 Å². The molecule has 138 valence electrons. The van der Waals surface area contributed by atoms with E-state index in [0.29, 0.717) is 5.69 Å². The van der Waals surface area contributed by atoms with Gasteiger partial charge in [-0.2, -0.15) is 5.10 Å². The summed E-state index contributed by atoms with van der Waals surface area (Å²) in [6.07, 6.45) is -0.523. The van der Waals surface area contributed by atoms with Crippen LogP contribution in [0.15, 0.2) is 65.5 Å². The molecule has 6 nitrogen and oxygen atoms in total. The first-order valence-electron chi connectivity index (χ1n) is 8.86. The van der Waals surface area contributed by atoms with Crippen molar-refractivity contribution < 1.29 is 9.53 Å². The highest BCUT2D eigenvalue weighted by Crippen LogP contribution is 2.44. The van der Waals surface area contributed by atoms with Gasteiger partial charge in [0.25, 0.3) is 5.56 Å². The van der Waals surface area contributed by atoms with Gasteiger partial charge in [0.2, 0.25) is 0 Å². The number of rotatable bonds is 3. The smallest absolute Gasteiger partial charge is 0.407 e. The van der Waals surface area contributed by atoms with Gasteiger partial charge in [-0.25, -0.2) is 9.89 Å². The summed E-state index contributed by atoms with van der Waals surface area (Å²) in [6, 6.07) is 19.2. The molecule has 0 radical (unpaired) electrons. The first-order chi connectivity index (χ1) is 13.7. The van der Waals surface area contributed by atoms with Crippen LogP contribution < -0.4 is 10.9 Å². The second kappa shape index (κ2) is 7.80. The fourth-order valence-electron chi connectivity index (χ4n) is 3.31. The molecule has 0 unspecified atom stereocenters. The van der Waals surface area contributed by atoms with Crippen LogP contribution in [-0.2, 0) is 4.74 Å². The highest BCUT2D eigenvalue weighted by Gasteiger charge is 2.28. The van der Waals surface area contributed by atoms with E-state index in [1.807, 2.05) is 24.3 Å². The summed E-state index contributed by atoms with van der Waals surface area (Å²) in [4.78, 5) is 23.0. The number of alkyl carbamates (subject to hydrolysis) is 1. The Morgan fingerprint density at radius 3 is 2.36 bits per heavy atom. The van der Waals surface area contributed by atoms with Crippen LogP contribution in [0.5, 0.6) is 0 Å². The van der Waals surface area contributed by atoms with E-state index in [4.69, 9.17) is 4.74 Å². The first kappa shape index (κ1) is 17.6. The second-order valence-electron chi connectivity index (χ2n) is 6.29. The van der Waals surface area contributed by atoms with E-state index in [2.05, 4.69) is 51.6 Å². The summed E-state index contributed by atoms with van der Waals surface area (Å²) in [5.74, 6) is 5.54. The van der Waals surface area contributed by atoms with E-state index in [1.165, 1.54) is 34.4 Å². The minimum absolute atomic E-state index is 0.0228. The number of carbonyl (C=O) groups excluding carboxylic acids is 1. The molecule has 2 N–H and O–H groups in total. The van der Waals surface area contributed by atoms with Crippen LogP contribution in [0.2, 0.25) is 0 Å². The van der Waals surface area contributed by atoms with Crippen LogP contribution in [0.4, 0.5) is 4.79 Å². The lowest BCUT2D eigenvalue weighted by atomic mass is 9.98. The number of nitrogens with one attached hydrogen (secondary N) is 2. The highest BCUT2D eigenvalue weighted by molar-refractivity contribution is 5.79. The van der Waals surface area contributed by atoms with Crippen molar-refractivity contribution in [3.8, 4) is 23.0 Å². The van der Waals surface area contributed by atoms with Crippen molar-refractivity contribution in [2.75, 3.05) is 13.2 Å². The lowest BCUT2D eigenvalue weighted by Gasteiger charge is -2.14. The number of H-pyrrole nitrogens is 1. The summed E-state index contributed by atoms with van der Waals surface area (Å²) in [5.41, 5.74) is 4.84. The van der Waals surface area contributed by atoms with Gasteiger partial charge in [-0.1, -0.05) is 54.5 Å². The summed E-state index contributed by atoms with van der Waals surface area (Å²) in [5, 5.41) is 8.67. The van der Waals surface area contributed by atoms with Gasteiger partial charge in [0.15, 0.2) is 0 Å². The van der Waals surface area contributed by atoms with Crippen LogP contribution in [0, 0.1) is 11.8 Å². The van der Waals surface area contributed by atoms with Crippen LogP contribution in [0.3, 0.4) is 0 Å². The van der Waals surface area contributed by atoms with Crippen molar-refractivity contribution in [2.24, 2.45) is 0 Å². The Hall–Kier alpha value is -3.85. The van der Waals surface area contributed by atoms with E-state index < -0.39 is 6.09 Å². The average molecular weight is 371 g/mol. The fraction of sp³-hybridized carbons (Fsp3) is 0.136. The quantitative estimate of drug-likeness (QED) is 0.694. The Labute approximate surface area is 161 Å². The Morgan fingerprint density at radius 1 is 1.04 bits per heavy atom. The highest BCUT2D eigenvalue weighted by atomic mass is 16.5. The summed E-state index contributed by atoms with van der Waals surface area (Å²) < 4.78 is 5.43. The molecule has 1 aliphatic carbocycles. The maximum Gasteiger partial charge on any atom is 0.407 e. The molecule has 0 spiro atoms. The molecule has 0 bridgehead atoms. The number of ether oxygens (including phenoxy) is 1. The molecule has 1 heterocycles. The van der Waals surface area contributed by atoms with Gasteiger partial charge in [-0.3, -0.25) is 4.79 Å². The molecule has 1 aromatic heterocycles. The third-order valence-corrected chi connectivity index (χ3v) is 4.56. The Bertz CT molecular complexity index is 1080. The third-order valence-electron chi connectivity index (χ3n) is 4.56. The molecule has 0 saturated heterocycles. The minimum atomic E-state index is -0.523. The van der Waals surface area contributed by atoms with Crippen LogP contribution in [-0.4, -0.2) is 29.4 Å². The number of aromatic amines is 1. The number of aromatic nitrogens is 2. The molecule has 1 amide bonds. The van der Waals surface area contributed by atoms with Gasteiger partial charge in [0.1, 0.15) is 12.3 Å². The number of fused-ring (bicyclic) bond motifs is 3. The first-order valence-corrected chi connectivity index (χ1v) is 8.86. The zero-order chi connectivity index (χ0) is 19.3. The molecule has 3 aromatic rings. The fourth-order valence-corrected chi connectivity index (χ4v) is 3.31. The molecule has 0 saturated carbocycles. The van der Waals surface area contributed by atoms with Crippen molar-refractivity contribution in [2.45, 2.75) is 5.92 Å². The average Bonchev–Trinajstić information content (AvgIpc) is 3.05. The zero-order valence-corrected chi connectivity index (χ0v) is 14.9. The van der Waals surface area contributed by atoms with Crippen molar-refractivity contribution in [3.63, 3.8) is 0 Å². The van der Waals surface area contributed by atoms with Crippen LogP contribution in [0.25, 0.3) is 11.1 Å². The largest absolute Gasteiger partial charge is 0.449 e. The van der Waals surface area contributed by atoms with Gasteiger partial charge in [-0.05, 0) is 34.2 Å². The molecule has 0 atom stereocenters. The molecule has 6 heteroatoms. The number of benzene rings is 2. The Balaban J connectivity index is 1.35. The van der Waals surface area contributed by atoms with Crippen molar-refractivity contribution in [3.05, 3.63) is 87.8 Å². The SMILES string of the molecule is O=C(NCC#Cc1ccc(=O)[nH]n1)OCC1c2ccccc2-c2ccccc21. The molecule has 28 heavy (non-hydrogen) atoms. The van der Waals surface area contributed by atoms with Gasteiger partial charge in [-0.15, -0.1) is 0 Å². The molecule has 1 aliphatic rings. The predicted molar refractivity (Wildman–Crippen MR) is 105 cm³/mol. The van der Waals surface area contributed by atoms with E-state index in [-0.39, 0.29) is 24.6 Å². The molecule has 0 fully saturated rings. The summed E-state index contributed by atoms with van der Waals surface area (Å²) in [7, 11) is 0. The topological polar surface area (TPSA) is 84.1 Å². The Kier molecular flexibility index (Phi) is 4.89. The number of hydrogen-bond acceptors (Lipinski definition) is 4. The van der Waals surface area contributed by atoms with Gasteiger partial charge in [0, 0.05) is 12.0 Å². The maximum absolute atomic E-state index is 12.0. The molecule has 0 aliphatic heterocycles. The molecule has 4 rings (SSSR count). The number of hydrogen-bond donors (Lipinski definition) is 2. The maximum atomic E-state index is 12.0. The number of amides is 1. The number of nitrogens with zero attached hydrogens (tertiary/aromatic N) is 1. The van der Waals surface area contributed by atoms with Crippen molar-refractivity contribution in [1.82, 2.24) is 15.5 Å². The zero-order valence-electron chi connectivity index (χ0n) is 14.9. The second-order valence-corrected chi connectivity index (χ2v) is 6.29. The van der Waals surface area contributed by atoms with Crippen LogP contribution >= 0.6 is 0 Å². The molecular weight excluding hydrogens is 354 g/mol. The van der Waals surface area contributed by atoms with E-state index in [1.54, 1.807) is 0 Å². The number of carbonyl (C=O) groups is 1. The van der Waals surface area contributed by atoms with E-state index >= 15 is 0 Å². The van der Waals surface area contributed by atoms with Gasteiger partial charge >= 0.3 is 6.09 Å².